The first-order valence-corrected chi connectivity index (χ1v) is 10.3. The van der Waals surface area contributed by atoms with E-state index in [0.717, 1.165) is 32.0 Å². The molecule has 1 aliphatic heterocycles. The third-order valence-corrected chi connectivity index (χ3v) is 5.89. The number of rotatable bonds is 5. The van der Waals surface area contributed by atoms with E-state index in [1.54, 1.807) is 0 Å². The Bertz CT molecular complexity index is 1050. The molecule has 0 spiro atoms. The molecule has 0 saturated carbocycles. The van der Waals surface area contributed by atoms with Crippen LogP contribution in [0.15, 0.2) is 72.9 Å². The molecule has 148 valence electrons. The van der Waals surface area contributed by atoms with Crippen LogP contribution in [0.5, 0.6) is 0 Å². The number of aliphatic hydroxyl groups excluding tert-OH is 1. The minimum Gasteiger partial charge on any atom is -0.390 e. The Morgan fingerprint density at radius 3 is 2.00 bits per heavy atom. The van der Waals surface area contributed by atoms with E-state index < -0.39 is 6.10 Å². The van der Waals surface area contributed by atoms with Crippen LogP contribution in [0.2, 0.25) is 0 Å². The van der Waals surface area contributed by atoms with Gasteiger partial charge in [0, 0.05) is 60.7 Å². The number of β-amino-alcohol motifs (C(OH)–C–C–N with tert-alkyl or cyclic N) is 1. The van der Waals surface area contributed by atoms with Gasteiger partial charge in [-0.3, -0.25) is 4.90 Å². The van der Waals surface area contributed by atoms with Gasteiger partial charge >= 0.3 is 0 Å². The first kappa shape index (κ1) is 18.2. The van der Waals surface area contributed by atoms with Gasteiger partial charge in [-0.25, -0.2) is 4.98 Å². The van der Waals surface area contributed by atoms with Crippen molar-refractivity contribution >= 4 is 27.6 Å². The molecule has 0 unspecified atom stereocenters. The lowest BCUT2D eigenvalue weighted by atomic mass is 10.2. The highest BCUT2D eigenvalue weighted by molar-refractivity contribution is 6.07. The minimum absolute atomic E-state index is 0.407. The van der Waals surface area contributed by atoms with Crippen molar-refractivity contribution in [3.8, 4) is 0 Å². The number of hydrogen-bond acceptors (Lipinski definition) is 4. The molecular formula is C24H26N4O. The second kappa shape index (κ2) is 7.85. The van der Waals surface area contributed by atoms with Crippen LogP contribution >= 0.6 is 0 Å². The lowest BCUT2D eigenvalue weighted by molar-refractivity contribution is 0.0968. The summed E-state index contributed by atoms with van der Waals surface area (Å²) in [5.41, 5.74) is 2.38. The molecule has 1 N–H and O–H groups in total. The Hall–Kier alpha value is -2.89. The van der Waals surface area contributed by atoms with Gasteiger partial charge in [0.2, 0.25) is 0 Å². The predicted octanol–water partition coefficient (Wildman–Crippen LogP) is 3.37. The lowest BCUT2D eigenvalue weighted by Crippen LogP contribution is -2.49. The van der Waals surface area contributed by atoms with E-state index in [0.29, 0.717) is 13.1 Å². The predicted molar refractivity (Wildman–Crippen MR) is 118 cm³/mol. The number of piperazine rings is 1. The molecule has 29 heavy (non-hydrogen) atoms. The molecule has 2 aromatic heterocycles. The van der Waals surface area contributed by atoms with Gasteiger partial charge in [0.05, 0.1) is 12.6 Å². The van der Waals surface area contributed by atoms with Gasteiger partial charge in [0.25, 0.3) is 0 Å². The Kier molecular flexibility index (Phi) is 4.92. The quantitative estimate of drug-likeness (QED) is 0.571. The fraction of sp³-hybridized carbons (Fsp3) is 0.292. The first-order valence-electron chi connectivity index (χ1n) is 10.3. The van der Waals surface area contributed by atoms with Crippen molar-refractivity contribution in [2.24, 2.45) is 0 Å². The maximum absolute atomic E-state index is 10.9. The molecule has 1 fully saturated rings. The summed E-state index contributed by atoms with van der Waals surface area (Å²) >= 11 is 0. The van der Waals surface area contributed by atoms with Gasteiger partial charge in [-0.15, -0.1) is 0 Å². The van der Waals surface area contributed by atoms with Gasteiger partial charge in [-0.1, -0.05) is 42.5 Å². The molecule has 5 heteroatoms. The van der Waals surface area contributed by atoms with Crippen LogP contribution in [0, 0.1) is 0 Å². The molecule has 0 amide bonds. The molecule has 1 aliphatic rings. The SMILES string of the molecule is O[C@@H](CN1CCN(c2ccccn2)CC1)Cn1c2ccccc2c2ccccc21. The van der Waals surface area contributed by atoms with Gasteiger partial charge in [-0.2, -0.15) is 0 Å². The van der Waals surface area contributed by atoms with E-state index in [9.17, 15) is 5.11 Å². The molecule has 2 aromatic carbocycles. The van der Waals surface area contributed by atoms with Crippen LogP contribution in [0.25, 0.3) is 21.8 Å². The Morgan fingerprint density at radius 1 is 0.759 bits per heavy atom. The largest absolute Gasteiger partial charge is 0.390 e. The van der Waals surface area contributed by atoms with E-state index in [2.05, 4.69) is 73.9 Å². The molecule has 0 aliphatic carbocycles. The molecule has 1 atom stereocenters. The average molecular weight is 386 g/mol. The minimum atomic E-state index is -0.407. The van der Waals surface area contributed by atoms with Crippen LogP contribution in [0.1, 0.15) is 0 Å². The van der Waals surface area contributed by atoms with Crippen molar-refractivity contribution in [2.45, 2.75) is 12.6 Å². The Labute approximate surface area is 170 Å². The number of hydrogen-bond donors (Lipinski definition) is 1. The van der Waals surface area contributed by atoms with E-state index in [1.807, 2.05) is 18.3 Å². The number of para-hydroxylation sites is 2. The van der Waals surface area contributed by atoms with Crippen LogP contribution < -0.4 is 4.90 Å². The van der Waals surface area contributed by atoms with Crippen molar-refractivity contribution in [3.05, 3.63) is 72.9 Å². The Balaban J connectivity index is 1.27. The van der Waals surface area contributed by atoms with Crippen molar-refractivity contribution < 1.29 is 5.11 Å². The van der Waals surface area contributed by atoms with Crippen LogP contribution in [0.4, 0.5) is 5.82 Å². The highest BCUT2D eigenvalue weighted by Gasteiger charge is 2.21. The summed E-state index contributed by atoms with van der Waals surface area (Å²) < 4.78 is 2.26. The van der Waals surface area contributed by atoms with Gasteiger partial charge < -0.3 is 14.6 Å². The van der Waals surface area contributed by atoms with E-state index in [1.165, 1.54) is 21.8 Å². The second-order valence-electron chi connectivity index (χ2n) is 7.77. The van der Waals surface area contributed by atoms with Gasteiger partial charge in [0.15, 0.2) is 0 Å². The van der Waals surface area contributed by atoms with Crippen LogP contribution in [-0.4, -0.2) is 58.4 Å². The molecule has 0 radical (unpaired) electrons. The van der Waals surface area contributed by atoms with E-state index in [4.69, 9.17) is 0 Å². The number of aliphatic hydroxyl groups is 1. The van der Waals surface area contributed by atoms with Crippen molar-refractivity contribution in [1.29, 1.82) is 0 Å². The van der Waals surface area contributed by atoms with Gasteiger partial charge in [-0.05, 0) is 24.3 Å². The number of fused-ring (bicyclic) bond motifs is 3. The summed E-state index contributed by atoms with van der Waals surface area (Å²) in [5.74, 6) is 1.04. The number of nitrogens with zero attached hydrogens (tertiary/aromatic N) is 4. The molecule has 4 aromatic rings. The van der Waals surface area contributed by atoms with E-state index in [-0.39, 0.29) is 0 Å². The molecule has 1 saturated heterocycles. The molecule has 5 nitrogen and oxygen atoms in total. The third-order valence-electron chi connectivity index (χ3n) is 5.89. The summed E-state index contributed by atoms with van der Waals surface area (Å²) in [6, 6.07) is 23.0. The summed E-state index contributed by atoms with van der Waals surface area (Å²) in [6.45, 7) is 5.07. The number of benzene rings is 2. The zero-order valence-corrected chi connectivity index (χ0v) is 16.5. The fourth-order valence-electron chi connectivity index (χ4n) is 4.47. The lowest BCUT2D eigenvalue weighted by Gasteiger charge is -2.36. The van der Waals surface area contributed by atoms with Crippen molar-refractivity contribution in [3.63, 3.8) is 0 Å². The second-order valence-corrected chi connectivity index (χ2v) is 7.77. The smallest absolute Gasteiger partial charge is 0.128 e. The maximum Gasteiger partial charge on any atom is 0.128 e. The normalized spacial score (nSPS) is 16.5. The average Bonchev–Trinajstić information content (AvgIpc) is 3.09. The summed E-state index contributed by atoms with van der Waals surface area (Å²) in [4.78, 5) is 9.13. The molecule has 5 rings (SSSR count). The number of aromatic nitrogens is 2. The number of pyridine rings is 1. The summed E-state index contributed by atoms with van der Waals surface area (Å²) in [5, 5.41) is 13.4. The summed E-state index contributed by atoms with van der Waals surface area (Å²) in [6.07, 6.45) is 1.44. The highest BCUT2D eigenvalue weighted by atomic mass is 16.3. The van der Waals surface area contributed by atoms with Gasteiger partial charge in [0.1, 0.15) is 5.82 Å². The zero-order valence-electron chi connectivity index (χ0n) is 16.5. The fourth-order valence-corrected chi connectivity index (χ4v) is 4.47. The van der Waals surface area contributed by atoms with Crippen LogP contribution in [0.3, 0.4) is 0 Å². The molecule has 0 bridgehead atoms. The topological polar surface area (TPSA) is 44.5 Å². The summed E-state index contributed by atoms with van der Waals surface area (Å²) in [7, 11) is 0. The van der Waals surface area contributed by atoms with E-state index >= 15 is 0 Å². The Morgan fingerprint density at radius 2 is 1.38 bits per heavy atom. The van der Waals surface area contributed by atoms with Crippen LogP contribution in [-0.2, 0) is 6.54 Å². The molecular weight excluding hydrogens is 360 g/mol. The number of anilines is 1. The third kappa shape index (κ3) is 3.59. The van der Waals surface area contributed by atoms with Crippen molar-refractivity contribution in [2.75, 3.05) is 37.6 Å². The monoisotopic (exact) mass is 386 g/mol. The molecule has 3 heterocycles. The van der Waals surface area contributed by atoms with Crippen molar-refractivity contribution in [1.82, 2.24) is 14.5 Å². The first-order chi connectivity index (χ1) is 14.3. The highest BCUT2D eigenvalue weighted by Crippen LogP contribution is 2.29. The zero-order chi connectivity index (χ0) is 19.6. The standard InChI is InChI=1S/C24H26N4O/c29-19(17-26-13-15-27(16-14-26)24-11-5-6-12-25-24)18-28-22-9-3-1-7-20(22)21-8-2-4-10-23(21)28/h1-12,19,29H,13-18H2/t19-/m0/s1. The maximum atomic E-state index is 10.9.